The van der Waals surface area contributed by atoms with Crippen molar-refractivity contribution in [3.05, 3.63) is 53.9 Å². The van der Waals surface area contributed by atoms with Gasteiger partial charge in [0.2, 0.25) is 0 Å². The molecule has 1 amide bonds. The number of hydrogen-bond donors (Lipinski definition) is 2. The van der Waals surface area contributed by atoms with Gasteiger partial charge in [-0.2, -0.15) is 13.9 Å². The van der Waals surface area contributed by atoms with E-state index in [1.807, 2.05) is 18.2 Å². The van der Waals surface area contributed by atoms with Gasteiger partial charge in [0.1, 0.15) is 5.69 Å². The fourth-order valence-electron chi connectivity index (χ4n) is 4.96. The molecule has 3 atom stereocenters. The van der Waals surface area contributed by atoms with E-state index in [-0.39, 0.29) is 17.2 Å². The quantitative estimate of drug-likeness (QED) is 0.664. The molecule has 1 aromatic carbocycles. The summed E-state index contributed by atoms with van der Waals surface area (Å²) in [5.41, 5.74) is 0.714. The molecular weight excluding hydrogens is 418 g/mol. The molecule has 0 unspecified atom stereocenters. The van der Waals surface area contributed by atoms with Crippen molar-refractivity contribution in [1.82, 2.24) is 20.0 Å². The lowest BCUT2D eigenvalue weighted by Crippen LogP contribution is -2.48. The summed E-state index contributed by atoms with van der Waals surface area (Å²) in [4.78, 5) is 15.0. The van der Waals surface area contributed by atoms with Crippen LogP contribution in [0.25, 0.3) is 0 Å². The van der Waals surface area contributed by atoms with Gasteiger partial charge in [-0.15, -0.1) is 0 Å². The number of aliphatic hydroxyl groups is 1. The maximum atomic E-state index is 12.8. The minimum absolute atomic E-state index is 0.0339. The number of nitrogens with zero attached hydrogens (tertiary/aromatic N) is 3. The zero-order valence-electron chi connectivity index (χ0n) is 18.0. The van der Waals surface area contributed by atoms with Gasteiger partial charge in [-0.05, 0) is 37.3 Å². The maximum Gasteiger partial charge on any atom is 0.333 e. The lowest BCUT2D eigenvalue weighted by atomic mass is 9.74. The number of halogens is 2. The lowest BCUT2D eigenvalue weighted by Gasteiger charge is -2.37. The van der Waals surface area contributed by atoms with Crippen molar-refractivity contribution in [1.29, 1.82) is 0 Å². The Morgan fingerprint density at radius 1 is 1.19 bits per heavy atom. The molecule has 2 N–H and O–H groups in total. The van der Waals surface area contributed by atoms with E-state index in [9.17, 15) is 18.7 Å². The molecule has 2 fully saturated rings. The highest BCUT2D eigenvalue weighted by Gasteiger charge is 2.40. The molecule has 1 aromatic heterocycles. The molecule has 32 heavy (non-hydrogen) atoms. The second-order valence-corrected chi connectivity index (χ2v) is 8.65. The van der Waals surface area contributed by atoms with Crippen LogP contribution in [0.1, 0.15) is 48.3 Å². The standard InChI is InChI=1S/C23H30F2N4O3/c24-22(25)29-11-8-18(27-29)21(31)26-16-23(17-4-2-1-3-5-17)9-6-19(20(30)7-10-23)28-12-14-32-15-13-28/h1-5,8,11,19-20,22,30H,6-7,9-10,12-16H2,(H,26,31)/t19-,20-,23+/m0/s1. The number of hydrogen-bond acceptors (Lipinski definition) is 5. The molecule has 7 nitrogen and oxygen atoms in total. The van der Waals surface area contributed by atoms with Crippen LogP contribution >= 0.6 is 0 Å². The molecule has 174 valence electrons. The van der Waals surface area contributed by atoms with Crippen molar-refractivity contribution in [2.24, 2.45) is 0 Å². The summed E-state index contributed by atoms with van der Waals surface area (Å²) in [6, 6.07) is 11.4. The van der Waals surface area contributed by atoms with Crippen LogP contribution in [0.15, 0.2) is 42.6 Å². The summed E-state index contributed by atoms with van der Waals surface area (Å²) in [7, 11) is 0. The van der Waals surface area contributed by atoms with E-state index in [4.69, 9.17) is 4.74 Å². The van der Waals surface area contributed by atoms with Crippen molar-refractivity contribution >= 4 is 5.91 Å². The van der Waals surface area contributed by atoms with Gasteiger partial charge in [-0.25, -0.2) is 4.68 Å². The highest BCUT2D eigenvalue weighted by molar-refractivity contribution is 5.92. The zero-order valence-corrected chi connectivity index (χ0v) is 18.0. The van der Waals surface area contributed by atoms with E-state index in [1.54, 1.807) is 0 Å². The summed E-state index contributed by atoms with van der Waals surface area (Å²) < 4.78 is 31.6. The van der Waals surface area contributed by atoms with Gasteiger partial charge in [0, 0.05) is 37.3 Å². The Kier molecular flexibility index (Phi) is 7.17. The van der Waals surface area contributed by atoms with Gasteiger partial charge in [-0.3, -0.25) is 9.69 Å². The third-order valence-corrected chi connectivity index (χ3v) is 6.81. The normalized spacial score (nSPS) is 27.2. The largest absolute Gasteiger partial charge is 0.391 e. The molecular formula is C23H30F2N4O3. The minimum atomic E-state index is -2.78. The third kappa shape index (κ3) is 5.00. The fourth-order valence-corrected chi connectivity index (χ4v) is 4.96. The number of rotatable bonds is 6. The van der Waals surface area contributed by atoms with Crippen LogP contribution in [-0.2, 0) is 10.2 Å². The Morgan fingerprint density at radius 3 is 2.59 bits per heavy atom. The van der Waals surface area contributed by atoms with Gasteiger partial charge in [0.05, 0.1) is 19.3 Å². The molecule has 0 spiro atoms. The second-order valence-electron chi connectivity index (χ2n) is 8.65. The SMILES string of the molecule is O=C(NC[C@]1(c2ccccc2)CC[C@H](O)[C@@H](N2CCOCC2)CC1)c1ccn(C(F)F)n1. The number of carbonyl (C=O) groups is 1. The van der Waals surface area contributed by atoms with Crippen LogP contribution in [0.4, 0.5) is 8.78 Å². The number of nitrogens with one attached hydrogen (secondary N) is 1. The molecule has 2 heterocycles. The van der Waals surface area contributed by atoms with Crippen LogP contribution < -0.4 is 5.32 Å². The first-order chi connectivity index (χ1) is 15.5. The Balaban J connectivity index is 1.51. The summed E-state index contributed by atoms with van der Waals surface area (Å²) in [6.45, 7) is 0.531. The number of ether oxygens (including phenoxy) is 1. The van der Waals surface area contributed by atoms with Crippen LogP contribution in [0.5, 0.6) is 0 Å². The van der Waals surface area contributed by atoms with Gasteiger partial charge < -0.3 is 15.2 Å². The number of alkyl halides is 2. The fraction of sp³-hybridized carbons (Fsp3) is 0.565. The van der Waals surface area contributed by atoms with Crippen molar-refractivity contribution in [2.45, 2.75) is 49.8 Å². The number of carbonyl (C=O) groups excluding carboxylic acids is 1. The molecule has 0 bridgehead atoms. The van der Waals surface area contributed by atoms with E-state index < -0.39 is 18.6 Å². The molecule has 1 aliphatic carbocycles. The van der Waals surface area contributed by atoms with Gasteiger partial charge >= 0.3 is 6.55 Å². The van der Waals surface area contributed by atoms with E-state index in [2.05, 4.69) is 27.4 Å². The number of morpholine rings is 1. The molecule has 1 saturated carbocycles. The minimum Gasteiger partial charge on any atom is -0.391 e. The maximum absolute atomic E-state index is 12.8. The van der Waals surface area contributed by atoms with Crippen LogP contribution in [0.3, 0.4) is 0 Å². The molecule has 4 rings (SSSR count). The van der Waals surface area contributed by atoms with Gasteiger partial charge in [0.15, 0.2) is 0 Å². The van der Waals surface area contributed by atoms with Crippen molar-refractivity contribution in [3.8, 4) is 0 Å². The van der Waals surface area contributed by atoms with E-state index in [0.717, 1.165) is 37.7 Å². The van der Waals surface area contributed by atoms with E-state index in [0.29, 0.717) is 37.3 Å². The first kappa shape index (κ1) is 22.8. The molecule has 1 saturated heterocycles. The Bertz CT molecular complexity index is 888. The van der Waals surface area contributed by atoms with E-state index in [1.165, 1.54) is 6.07 Å². The molecule has 0 radical (unpaired) electrons. The summed E-state index contributed by atoms with van der Waals surface area (Å²) in [5.74, 6) is -0.478. The second kappa shape index (κ2) is 10.1. The summed E-state index contributed by atoms with van der Waals surface area (Å²) in [5, 5.41) is 17.5. The van der Waals surface area contributed by atoms with Crippen molar-refractivity contribution in [2.75, 3.05) is 32.8 Å². The Labute approximate surface area is 186 Å². The van der Waals surface area contributed by atoms with Gasteiger partial charge in [0.25, 0.3) is 5.91 Å². The topological polar surface area (TPSA) is 79.6 Å². The highest BCUT2D eigenvalue weighted by Crippen LogP contribution is 2.39. The first-order valence-electron chi connectivity index (χ1n) is 11.2. The zero-order chi connectivity index (χ0) is 22.6. The van der Waals surface area contributed by atoms with Crippen molar-refractivity contribution in [3.63, 3.8) is 0 Å². The predicted octanol–water partition coefficient (Wildman–Crippen LogP) is 2.58. The molecule has 1 aliphatic heterocycles. The van der Waals surface area contributed by atoms with Crippen LogP contribution in [0, 0.1) is 0 Å². The summed E-state index contributed by atoms with van der Waals surface area (Å²) >= 11 is 0. The monoisotopic (exact) mass is 448 g/mol. The average Bonchev–Trinajstić information content (AvgIpc) is 3.26. The highest BCUT2D eigenvalue weighted by atomic mass is 19.3. The lowest BCUT2D eigenvalue weighted by molar-refractivity contribution is -0.0236. The van der Waals surface area contributed by atoms with Crippen LogP contribution in [-0.4, -0.2) is 70.7 Å². The third-order valence-electron chi connectivity index (χ3n) is 6.81. The Hall–Kier alpha value is -2.36. The van der Waals surface area contributed by atoms with Gasteiger partial charge in [-0.1, -0.05) is 30.3 Å². The summed E-state index contributed by atoms with van der Waals surface area (Å²) in [6.07, 6.45) is 3.57. The molecule has 9 heteroatoms. The number of aliphatic hydroxyl groups excluding tert-OH is 1. The van der Waals surface area contributed by atoms with E-state index >= 15 is 0 Å². The van der Waals surface area contributed by atoms with Crippen molar-refractivity contribution < 1.29 is 23.4 Å². The average molecular weight is 449 g/mol. The number of aromatic nitrogens is 2. The smallest absolute Gasteiger partial charge is 0.333 e. The Morgan fingerprint density at radius 2 is 1.91 bits per heavy atom. The number of benzene rings is 1. The number of amides is 1. The first-order valence-corrected chi connectivity index (χ1v) is 11.2. The molecule has 2 aliphatic rings. The van der Waals surface area contributed by atoms with Crippen LogP contribution in [0.2, 0.25) is 0 Å². The predicted molar refractivity (Wildman–Crippen MR) is 115 cm³/mol. The molecule has 2 aromatic rings.